The Labute approximate surface area is 253 Å². The van der Waals surface area contributed by atoms with Crippen molar-refractivity contribution in [3.8, 4) is 5.75 Å². The molecule has 1 aromatic rings. The first-order valence-electron chi connectivity index (χ1n) is 15.2. The van der Waals surface area contributed by atoms with Gasteiger partial charge >= 0.3 is 5.97 Å². The molecule has 6 rings (SSSR count). The molecule has 0 radical (unpaired) electrons. The molecule has 0 unspecified atom stereocenters. The van der Waals surface area contributed by atoms with E-state index in [1.54, 1.807) is 23.9 Å². The fourth-order valence-corrected chi connectivity index (χ4v) is 9.49. The second kappa shape index (κ2) is 11.3. The third-order valence-electron chi connectivity index (χ3n) is 10.1. The van der Waals surface area contributed by atoms with Crippen LogP contribution in [0.3, 0.4) is 0 Å². The van der Waals surface area contributed by atoms with Gasteiger partial charge in [-0.2, -0.15) is 11.8 Å². The summed E-state index contributed by atoms with van der Waals surface area (Å²) in [5, 5.41) is 45.7. The zero-order valence-corrected chi connectivity index (χ0v) is 24.6. The van der Waals surface area contributed by atoms with Crippen molar-refractivity contribution in [1.29, 1.82) is 0 Å². The summed E-state index contributed by atoms with van der Waals surface area (Å²) >= 11 is 1.71. The lowest BCUT2D eigenvalue weighted by Gasteiger charge is -2.51. The van der Waals surface area contributed by atoms with E-state index in [1.165, 1.54) is 6.07 Å². The number of ether oxygens (including phenoxy) is 1. The molecule has 0 aromatic heterocycles. The van der Waals surface area contributed by atoms with Gasteiger partial charge in [0.15, 0.2) is 11.4 Å². The largest absolute Gasteiger partial charge is 0.511 e. The SMILES string of the molecule is NC(=O)C1=C(O)C[C@@H]2[C@@H](OC(=O)C3CCCCC3)[C@H]3C(=C(O)[C@]2(O)C1=O)C(=O)c1c(O)cccc1[C@@H]3CSC1CCCC1. The number of phenols is 1. The monoisotopic (exact) mass is 611 g/mol. The second-order valence-corrected chi connectivity index (χ2v) is 13.9. The van der Waals surface area contributed by atoms with Crippen LogP contribution in [0.5, 0.6) is 5.75 Å². The highest BCUT2D eigenvalue weighted by atomic mass is 32.2. The number of benzene rings is 1. The summed E-state index contributed by atoms with van der Waals surface area (Å²) in [6.45, 7) is 0. The number of Topliss-reactive ketones (excluding diaryl/α,β-unsaturated/α-hetero) is 2. The number of rotatable bonds is 6. The van der Waals surface area contributed by atoms with Gasteiger partial charge in [-0.25, -0.2) is 0 Å². The van der Waals surface area contributed by atoms with Crippen molar-refractivity contribution in [2.24, 2.45) is 23.5 Å². The van der Waals surface area contributed by atoms with Gasteiger partial charge in [0, 0.05) is 40.8 Å². The van der Waals surface area contributed by atoms with Crippen LogP contribution in [0.15, 0.2) is 40.9 Å². The average Bonchev–Trinajstić information content (AvgIpc) is 3.50. The normalized spacial score (nSPS) is 31.5. The molecule has 43 heavy (non-hydrogen) atoms. The van der Waals surface area contributed by atoms with Gasteiger partial charge in [-0.15, -0.1) is 0 Å². The predicted molar refractivity (Wildman–Crippen MR) is 156 cm³/mol. The van der Waals surface area contributed by atoms with E-state index in [-0.39, 0.29) is 16.9 Å². The van der Waals surface area contributed by atoms with E-state index in [0.29, 0.717) is 29.4 Å². The van der Waals surface area contributed by atoms with Gasteiger partial charge in [-0.3, -0.25) is 19.2 Å². The average molecular weight is 612 g/mol. The molecular formula is C32H37NO9S. The lowest BCUT2D eigenvalue weighted by atomic mass is 9.56. The molecule has 1 amide bonds. The van der Waals surface area contributed by atoms with E-state index in [0.717, 1.165) is 44.9 Å². The van der Waals surface area contributed by atoms with Gasteiger partial charge in [0.05, 0.1) is 11.5 Å². The lowest BCUT2D eigenvalue weighted by molar-refractivity contribution is -0.178. The number of aliphatic hydroxyl groups excluding tert-OH is 2. The number of hydrogen-bond acceptors (Lipinski definition) is 10. The Bertz CT molecular complexity index is 1440. The van der Waals surface area contributed by atoms with Gasteiger partial charge < -0.3 is 30.9 Å². The van der Waals surface area contributed by atoms with Crippen LogP contribution < -0.4 is 5.73 Å². The standard InChI is InChI=1S/C32H37NO9S/c33-30(39)24-21(35)13-19-27(42-31(40)15-7-2-1-3-8-15)23-18(14-43-16-9-4-5-10-16)17-11-6-12-20(34)22(17)26(36)25(23)29(38)32(19,41)28(24)37/h6,11-12,15-16,18-19,23,27,34-35,38,41H,1-5,7-10,13-14H2,(H2,33,39)/t18-,19+,23+,27+,32+/m0/s1. The molecule has 230 valence electrons. The number of aliphatic hydroxyl groups is 3. The molecule has 5 aliphatic carbocycles. The first-order valence-corrected chi connectivity index (χ1v) is 16.2. The number of ketones is 2. The Balaban J connectivity index is 1.53. The third-order valence-corrected chi connectivity index (χ3v) is 11.6. The zero-order valence-electron chi connectivity index (χ0n) is 23.8. The maximum absolute atomic E-state index is 14.1. The predicted octanol–water partition coefficient (Wildman–Crippen LogP) is 3.90. The number of aromatic hydroxyl groups is 1. The quantitative estimate of drug-likeness (QED) is 0.233. The maximum Gasteiger partial charge on any atom is 0.309 e. The number of allylic oxidation sites excluding steroid dienone is 1. The molecule has 6 N–H and O–H groups in total. The van der Waals surface area contributed by atoms with Crippen LogP contribution in [0.1, 0.15) is 86.0 Å². The van der Waals surface area contributed by atoms with Crippen molar-refractivity contribution >= 4 is 35.2 Å². The van der Waals surface area contributed by atoms with Crippen LogP contribution >= 0.6 is 11.8 Å². The van der Waals surface area contributed by atoms with Crippen molar-refractivity contribution in [3.63, 3.8) is 0 Å². The van der Waals surface area contributed by atoms with E-state index >= 15 is 0 Å². The van der Waals surface area contributed by atoms with E-state index in [2.05, 4.69) is 0 Å². The van der Waals surface area contributed by atoms with E-state index in [4.69, 9.17) is 10.5 Å². The highest BCUT2D eigenvalue weighted by molar-refractivity contribution is 7.99. The van der Waals surface area contributed by atoms with Crippen LogP contribution in [0.25, 0.3) is 0 Å². The summed E-state index contributed by atoms with van der Waals surface area (Å²) in [7, 11) is 0. The molecule has 1 aromatic carbocycles. The van der Waals surface area contributed by atoms with Gasteiger partial charge in [0.25, 0.3) is 5.91 Å². The number of primary amides is 1. The lowest BCUT2D eigenvalue weighted by Crippen LogP contribution is -2.63. The van der Waals surface area contributed by atoms with Crippen LogP contribution in [0, 0.1) is 17.8 Å². The fourth-order valence-electron chi connectivity index (χ4n) is 7.96. The first-order chi connectivity index (χ1) is 20.6. The Hall–Kier alpha value is -3.31. The number of amides is 1. The number of esters is 1. The number of nitrogens with two attached hydrogens (primary N) is 1. The summed E-state index contributed by atoms with van der Waals surface area (Å²) < 4.78 is 6.20. The Morgan fingerprint density at radius 3 is 2.35 bits per heavy atom. The molecular weight excluding hydrogens is 574 g/mol. The molecule has 2 saturated carbocycles. The number of carbonyl (C=O) groups excluding carboxylic acids is 4. The van der Waals surface area contributed by atoms with Crippen molar-refractivity contribution in [2.45, 2.75) is 87.1 Å². The van der Waals surface area contributed by atoms with Crippen LogP contribution in [-0.2, 0) is 19.1 Å². The Kier molecular flexibility index (Phi) is 7.83. The van der Waals surface area contributed by atoms with Gasteiger partial charge in [0.2, 0.25) is 5.78 Å². The zero-order chi connectivity index (χ0) is 30.6. The minimum Gasteiger partial charge on any atom is -0.511 e. The number of carbonyl (C=O) groups is 4. The maximum atomic E-state index is 14.1. The summed E-state index contributed by atoms with van der Waals surface area (Å²) in [6.07, 6.45) is 6.43. The van der Waals surface area contributed by atoms with E-state index in [1.807, 2.05) is 0 Å². The van der Waals surface area contributed by atoms with Crippen molar-refractivity contribution in [2.75, 3.05) is 5.75 Å². The van der Waals surface area contributed by atoms with Crippen LogP contribution in [0.2, 0.25) is 0 Å². The molecule has 10 nitrogen and oxygen atoms in total. The molecule has 0 heterocycles. The minimum atomic E-state index is -2.86. The van der Waals surface area contributed by atoms with E-state index < -0.39 is 82.3 Å². The highest BCUT2D eigenvalue weighted by Gasteiger charge is 2.66. The molecule has 5 aliphatic rings. The molecule has 0 spiro atoms. The van der Waals surface area contributed by atoms with Crippen LogP contribution in [-0.4, -0.2) is 66.6 Å². The Morgan fingerprint density at radius 2 is 1.67 bits per heavy atom. The summed E-state index contributed by atoms with van der Waals surface area (Å²) in [5.74, 6) is -8.79. The van der Waals surface area contributed by atoms with Crippen LogP contribution in [0.4, 0.5) is 0 Å². The summed E-state index contributed by atoms with van der Waals surface area (Å²) in [4.78, 5) is 53.6. The molecule has 0 aliphatic heterocycles. The molecule has 2 fully saturated rings. The van der Waals surface area contributed by atoms with E-state index in [9.17, 15) is 39.6 Å². The summed E-state index contributed by atoms with van der Waals surface area (Å²) in [6, 6.07) is 4.72. The second-order valence-electron chi connectivity index (χ2n) is 12.5. The van der Waals surface area contributed by atoms with Gasteiger partial charge in [0.1, 0.15) is 28.9 Å². The number of phenolic OH excluding ortho intramolecular Hbond substituents is 1. The first kappa shape index (κ1) is 29.7. The summed E-state index contributed by atoms with van der Waals surface area (Å²) in [5.41, 5.74) is 1.79. The number of hydrogen-bond donors (Lipinski definition) is 5. The molecule has 0 saturated heterocycles. The molecule has 5 atom stereocenters. The van der Waals surface area contributed by atoms with Crippen molar-refractivity contribution in [1.82, 2.24) is 0 Å². The Morgan fingerprint density at radius 1 is 1.00 bits per heavy atom. The minimum absolute atomic E-state index is 0.0477. The smallest absolute Gasteiger partial charge is 0.309 e. The number of thioether (sulfide) groups is 1. The topological polar surface area (TPSA) is 184 Å². The van der Waals surface area contributed by atoms with Gasteiger partial charge in [-0.05, 0) is 37.3 Å². The van der Waals surface area contributed by atoms with Gasteiger partial charge in [-0.1, -0.05) is 44.2 Å². The molecule has 11 heteroatoms. The van der Waals surface area contributed by atoms with Crippen molar-refractivity contribution in [3.05, 3.63) is 52.0 Å². The van der Waals surface area contributed by atoms with Crippen molar-refractivity contribution < 1.29 is 44.3 Å². The third kappa shape index (κ3) is 4.75. The highest BCUT2D eigenvalue weighted by Crippen LogP contribution is 2.57. The molecule has 0 bridgehead atoms. The fraction of sp³-hybridized carbons (Fsp3) is 0.562. The number of fused-ring (bicyclic) bond motifs is 3.